The van der Waals surface area contributed by atoms with Crippen molar-refractivity contribution in [1.29, 1.82) is 0 Å². The van der Waals surface area contributed by atoms with Crippen molar-refractivity contribution in [2.24, 2.45) is 10.2 Å². The second kappa shape index (κ2) is 6.95. The van der Waals surface area contributed by atoms with Crippen molar-refractivity contribution < 1.29 is 28.0 Å². The van der Waals surface area contributed by atoms with Crippen LogP contribution in [-0.4, -0.2) is 29.2 Å². The number of carboxylic acids is 1. The van der Waals surface area contributed by atoms with Crippen LogP contribution >= 0.6 is 11.6 Å². The predicted octanol–water partition coefficient (Wildman–Crippen LogP) is 4.56. The average Bonchev–Trinajstić information content (AvgIpc) is 2.60. The zero-order valence-electron chi connectivity index (χ0n) is 13.4. The van der Waals surface area contributed by atoms with Gasteiger partial charge in [0.05, 0.1) is 10.7 Å². The number of fused-ring (bicyclic) bond motifs is 1. The Balaban J connectivity index is 2.17. The molecular weight excluding hydrogens is 396 g/mol. The molecule has 3 aromatic carbocycles. The molecule has 0 spiro atoms. The highest BCUT2D eigenvalue weighted by molar-refractivity contribution is 7.86. The summed E-state index contributed by atoms with van der Waals surface area (Å²) in [6.07, 6.45) is 0. The number of nitrogens with zero attached hydrogens (tertiary/aromatic N) is 2. The number of hydrogen-bond acceptors (Lipinski definition) is 6. The Morgan fingerprint density at radius 2 is 1.74 bits per heavy atom. The van der Waals surface area contributed by atoms with E-state index in [1.165, 1.54) is 18.2 Å². The summed E-state index contributed by atoms with van der Waals surface area (Å²) in [4.78, 5) is 10.8. The highest BCUT2D eigenvalue weighted by Gasteiger charge is 2.18. The number of aromatic carboxylic acids is 1. The number of aromatic hydroxyl groups is 1. The van der Waals surface area contributed by atoms with Gasteiger partial charge in [-0.1, -0.05) is 35.9 Å². The molecule has 0 radical (unpaired) electrons. The fourth-order valence-electron chi connectivity index (χ4n) is 2.44. The molecule has 3 N–H and O–H groups in total. The Hall–Kier alpha value is -3.01. The third-order valence-corrected chi connectivity index (χ3v) is 5.02. The lowest BCUT2D eigenvalue weighted by molar-refractivity contribution is 0.0694. The van der Waals surface area contributed by atoms with Gasteiger partial charge in [0.15, 0.2) is 5.75 Å². The maximum atomic E-state index is 11.3. The maximum absolute atomic E-state index is 11.3. The molecule has 0 bridgehead atoms. The Kier molecular flexibility index (Phi) is 4.83. The highest BCUT2D eigenvalue weighted by Crippen LogP contribution is 2.39. The molecule has 0 atom stereocenters. The first-order valence-corrected chi connectivity index (χ1v) is 9.17. The van der Waals surface area contributed by atoms with Gasteiger partial charge < -0.3 is 10.2 Å². The van der Waals surface area contributed by atoms with Gasteiger partial charge in [-0.05, 0) is 29.7 Å². The smallest absolute Gasteiger partial charge is 0.339 e. The third-order valence-electron chi connectivity index (χ3n) is 3.68. The summed E-state index contributed by atoms with van der Waals surface area (Å²) < 4.78 is 31.8. The maximum Gasteiger partial charge on any atom is 0.339 e. The molecule has 0 amide bonds. The number of carbonyl (C=O) groups is 1. The van der Waals surface area contributed by atoms with E-state index in [9.17, 15) is 28.0 Å². The molecule has 0 heterocycles. The number of phenols is 1. The van der Waals surface area contributed by atoms with Gasteiger partial charge in [-0.2, -0.15) is 13.5 Å². The van der Waals surface area contributed by atoms with Gasteiger partial charge in [-0.25, -0.2) is 4.79 Å². The second-order valence-electron chi connectivity index (χ2n) is 5.44. The predicted molar refractivity (Wildman–Crippen MR) is 98.0 cm³/mol. The zero-order chi connectivity index (χ0) is 19.8. The number of carboxylic acid groups (broad SMARTS) is 1. The average molecular weight is 407 g/mol. The molecule has 10 heteroatoms. The van der Waals surface area contributed by atoms with Gasteiger partial charge in [0.25, 0.3) is 10.1 Å². The molecule has 0 aromatic heterocycles. The van der Waals surface area contributed by atoms with E-state index in [0.29, 0.717) is 10.8 Å². The number of azo groups is 1. The molecule has 0 aliphatic heterocycles. The molecule has 3 rings (SSSR count). The fraction of sp³-hybridized carbons (Fsp3) is 0. The first kappa shape index (κ1) is 18.8. The quantitative estimate of drug-likeness (QED) is 0.429. The van der Waals surface area contributed by atoms with Crippen molar-refractivity contribution in [2.75, 3.05) is 0 Å². The standard InChI is InChI=1S/C17H11ClN2O6S/c18-13-6-5-10(8-14(13)27(24,25)26)19-20-15-11-4-2-1-3-9(11)7-12(16(15)21)17(22)23/h1-8,21H,(H,22,23)(H,24,25,26)/b20-19+. The van der Waals surface area contributed by atoms with E-state index >= 15 is 0 Å². The molecule has 27 heavy (non-hydrogen) atoms. The molecule has 0 fully saturated rings. The summed E-state index contributed by atoms with van der Waals surface area (Å²) in [6, 6.07) is 11.5. The summed E-state index contributed by atoms with van der Waals surface area (Å²) in [5, 5.41) is 28.0. The molecule has 0 aliphatic rings. The van der Waals surface area contributed by atoms with E-state index in [4.69, 9.17) is 11.6 Å². The molecule has 0 saturated heterocycles. The molecule has 0 aliphatic carbocycles. The SMILES string of the molecule is O=C(O)c1cc2ccccc2c(/N=N/c2ccc(Cl)c(S(=O)(=O)O)c2)c1O. The minimum atomic E-state index is -4.56. The fourth-order valence-corrected chi connectivity index (χ4v) is 3.44. The highest BCUT2D eigenvalue weighted by atomic mass is 35.5. The first-order chi connectivity index (χ1) is 12.7. The summed E-state index contributed by atoms with van der Waals surface area (Å²) in [6.45, 7) is 0. The summed E-state index contributed by atoms with van der Waals surface area (Å²) in [7, 11) is -4.56. The van der Waals surface area contributed by atoms with Crippen LogP contribution in [0.5, 0.6) is 5.75 Å². The van der Waals surface area contributed by atoms with Crippen LogP contribution in [0.4, 0.5) is 11.4 Å². The van der Waals surface area contributed by atoms with E-state index in [1.807, 2.05) is 0 Å². The van der Waals surface area contributed by atoms with Gasteiger partial charge in [-0.3, -0.25) is 4.55 Å². The van der Waals surface area contributed by atoms with E-state index < -0.39 is 26.7 Å². The van der Waals surface area contributed by atoms with E-state index in [2.05, 4.69) is 10.2 Å². The minimum Gasteiger partial charge on any atom is -0.505 e. The van der Waals surface area contributed by atoms with Crippen LogP contribution < -0.4 is 0 Å². The van der Waals surface area contributed by atoms with E-state index in [-0.39, 0.29) is 22.0 Å². The van der Waals surface area contributed by atoms with Crippen molar-refractivity contribution in [3.8, 4) is 5.75 Å². The van der Waals surface area contributed by atoms with Crippen molar-refractivity contribution >= 4 is 49.8 Å². The summed E-state index contributed by atoms with van der Waals surface area (Å²) >= 11 is 5.74. The topological polar surface area (TPSA) is 137 Å². The van der Waals surface area contributed by atoms with Gasteiger partial charge in [0, 0.05) is 5.39 Å². The molecule has 0 saturated carbocycles. The Morgan fingerprint density at radius 1 is 1.04 bits per heavy atom. The van der Waals surface area contributed by atoms with Crippen molar-refractivity contribution in [1.82, 2.24) is 0 Å². The van der Waals surface area contributed by atoms with Crippen LogP contribution in [0.1, 0.15) is 10.4 Å². The number of benzene rings is 3. The van der Waals surface area contributed by atoms with Crippen LogP contribution in [0.2, 0.25) is 5.02 Å². The summed E-state index contributed by atoms with van der Waals surface area (Å²) in [5.41, 5.74) is -0.414. The van der Waals surface area contributed by atoms with Gasteiger partial charge >= 0.3 is 5.97 Å². The molecule has 0 unspecified atom stereocenters. The third kappa shape index (κ3) is 3.75. The molecule has 8 nitrogen and oxygen atoms in total. The Labute approximate surface area is 158 Å². The molecular formula is C17H11ClN2O6S. The van der Waals surface area contributed by atoms with Crippen molar-refractivity contribution in [2.45, 2.75) is 4.90 Å². The van der Waals surface area contributed by atoms with Crippen molar-refractivity contribution in [3.63, 3.8) is 0 Å². The number of rotatable bonds is 4. The van der Waals surface area contributed by atoms with E-state index in [0.717, 1.165) is 6.07 Å². The minimum absolute atomic E-state index is 0.0243. The van der Waals surface area contributed by atoms with Crippen LogP contribution in [0.3, 0.4) is 0 Å². The lowest BCUT2D eigenvalue weighted by Gasteiger charge is -2.07. The van der Waals surface area contributed by atoms with E-state index in [1.54, 1.807) is 24.3 Å². The molecule has 138 valence electrons. The second-order valence-corrected chi connectivity index (χ2v) is 7.23. The monoisotopic (exact) mass is 406 g/mol. The van der Waals surface area contributed by atoms with Gasteiger partial charge in [0.2, 0.25) is 0 Å². The number of hydrogen-bond donors (Lipinski definition) is 3. The van der Waals surface area contributed by atoms with Crippen LogP contribution in [0, 0.1) is 0 Å². The summed E-state index contributed by atoms with van der Waals surface area (Å²) in [5.74, 6) is -1.91. The largest absolute Gasteiger partial charge is 0.505 e. The zero-order valence-corrected chi connectivity index (χ0v) is 14.9. The molecule has 3 aromatic rings. The first-order valence-electron chi connectivity index (χ1n) is 7.35. The normalized spacial score (nSPS) is 11.9. The van der Waals surface area contributed by atoms with Crippen LogP contribution in [-0.2, 0) is 10.1 Å². The lowest BCUT2D eigenvalue weighted by atomic mass is 10.0. The number of halogens is 1. The Bertz CT molecular complexity index is 1210. The van der Waals surface area contributed by atoms with Crippen LogP contribution in [0.15, 0.2) is 63.7 Å². The van der Waals surface area contributed by atoms with Crippen LogP contribution in [0.25, 0.3) is 10.8 Å². The van der Waals surface area contributed by atoms with Gasteiger partial charge in [-0.15, -0.1) is 5.11 Å². The van der Waals surface area contributed by atoms with Gasteiger partial charge in [0.1, 0.15) is 16.1 Å². The Morgan fingerprint density at radius 3 is 2.41 bits per heavy atom. The lowest BCUT2D eigenvalue weighted by Crippen LogP contribution is -1.98. The van der Waals surface area contributed by atoms with Crippen molar-refractivity contribution in [3.05, 3.63) is 59.1 Å².